The third-order valence-electron chi connectivity index (χ3n) is 3.48. The third-order valence-corrected chi connectivity index (χ3v) is 3.48. The van der Waals surface area contributed by atoms with E-state index in [4.69, 9.17) is 9.53 Å². The zero-order valence-corrected chi connectivity index (χ0v) is 11.0. The number of nitrogens with zero attached hydrogens (tertiary/aromatic N) is 4. The predicted octanol–water partition coefficient (Wildman–Crippen LogP) is 0.856. The fraction of sp³-hybridized carbons (Fsp3) is 0.615. The van der Waals surface area contributed by atoms with E-state index in [2.05, 4.69) is 19.8 Å². The van der Waals surface area contributed by atoms with Crippen LogP contribution in [-0.4, -0.2) is 61.4 Å². The van der Waals surface area contributed by atoms with Crippen LogP contribution in [0.25, 0.3) is 0 Å². The summed E-state index contributed by atoms with van der Waals surface area (Å²) in [5, 5.41) is 0. The molecule has 0 unspecified atom stereocenters. The number of likely N-dealkylation sites (tertiary alicyclic amines) is 1. The third kappa shape index (κ3) is 3.20. The zero-order valence-electron chi connectivity index (χ0n) is 11.0. The van der Waals surface area contributed by atoms with Gasteiger partial charge in [-0.2, -0.15) is 0 Å². The molecule has 6 heteroatoms. The van der Waals surface area contributed by atoms with E-state index in [0.717, 1.165) is 19.6 Å². The van der Waals surface area contributed by atoms with Gasteiger partial charge in [-0.1, -0.05) is 6.42 Å². The minimum atomic E-state index is -0.0122. The lowest BCUT2D eigenvalue weighted by atomic mass is 10.1. The topological polar surface area (TPSA) is 57.5 Å². The molecular weight excluding hydrogens is 244 g/mol. The second-order valence-corrected chi connectivity index (χ2v) is 4.64. The Kier molecular flexibility index (Phi) is 5.09. The summed E-state index contributed by atoms with van der Waals surface area (Å²) in [7, 11) is 0. The monoisotopic (exact) mass is 264 g/mol. The molecule has 0 radical (unpaired) electrons. The molecule has 19 heavy (non-hydrogen) atoms. The minimum absolute atomic E-state index is 0.0122. The Balaban J connectivity index is 0.000000637. The molecule has 2 atom stereocenters. The molecule has 6 nitrogen and oxygen atoms in total. The van der Waals surface area contributed by atoms with E-state index in [9.17, 15) is 0 Å². The molecule has 3 aliphatic rings. The van der Waals surface area contributed by atoms with Crippen molar-refractivity contribution in [2.24, 2.45) is 9.98 Å². The average Bonchev–Trinajstić information content (AvgIpc) is 3.01. The van der Waals surface area contributed by atoms with Crippen molar-refractivity contribution in [2.75, 3.05) is 19.6 Å². The lowest BCUT2D eigenvalue weighted by molar-refractivity contribution is -0.0979. The summed E-state index contributed by atoms with van der Waals surface area (Å²) >= 11 is 0. The highest BCUT2D eigenvalue weighted by Crippen LogP contribution is 2.22. The quantitative estimate of drug-likeness (QED) is 0.742. The lowest BCUT2D eigenvalue weighted by Gasteiger charge is -2.36. The van der Waals surface area contributed by atoms with Gasteiger partial charge in [-0.25, -0.2) is 9.98 Å². The highest BCUT2D eigenvalue weighted by Gasteiger charge is 2.35. The van der Waals surface area contributed by atoms with Crippen molar-refractivity contribution in [1.29, 1.82) is 0 Å². The molecule has 3 rings (SSSR count). The number of piperidine rings is 1. The van der Waals surface area contributed by atoms with Gasteiger partial charge in [0.25, 0.3) is 0 Å². The number of rotatable bonds is 2. The van der Waals surface area contributed by atoms with Crippen molar-refractivity contribution < 1.29 is 9.53 Å². The van der Waals surface area contributed by atoms with Crippen LogP contribution < -0.4 is 0 Å². The van der Waals surface area contributed by atoms with Crippen molar-refractivity contribution in [2.45, 2.75) is 31.7 Å². The Hall–Kier alpha value is -1.69. The second-order valence-electron chi connectivity index (χ2n) is 4.64. The van der Waals surface area contributed by atoms with E-state index in [0.29, 0.717) is 0 Å². The Morgan fingerprint density at radius 1 is 1.21 bits per heavy atom. The summed E-state index contributed by atoms with van der Waals surface area (Å²) in [6.07, 6.45) is 11.3. The first-order valence-electron chi connectivity index (χ1n) is 6.59. The molecule has 1 fully saturated rings. The Bertz CT molecular complexity index is 364. The summed E-state index contributed by atoms with van der Waals surface area (Å²) < 4.78 is 5.63. The van der Waals surface area contributed by atoms with Crippen LogP contribution >= 0.6 is 0 Å². The van der Waals surface area contributed by atoms with Gasteiger partial charge in [0.05, 0.1) is 6.34 Å². The van der Waals surface area contributed by atoms with Crippen LogP contribution in [0.15, 0.2) is 22.3 Å². The Morgan fingerprint density at radius 2 is 2.00 bits per heavy atom. The number of hydrogen-bond donors (Lipinski definition) is 0. The number of carbonyl (C=O) groups is 1. The standard InChI is InChI=1S/C12H18N4O.CH2O/c1-2-6-15(7-3-1)11-12(17-10-14-11)16-8-4-5-13-9-16;1-2/h4-5,9-12H,1-3,6-8H2;1H2/t11-,12+;/m1./s1. The first-order valence-corrected chi connectivity index (χ1v) is 6.59. The fourth-order valence-corrected chi connectivity index (χ4v) is 2.58. The van der Waals surface area contributed by atoms with Gasteiger partial charge in [0.1, 0.15) is 6.79 Å². The summed E-state index contributed by atoms with van der Waals surface area (Å²) in [5.41, 5.74) is 0. The normalized spacial score (nSPS) is 29.8. The van der Waals surface area contributed by atoms with Gasteiger partial charge in [-0.05, 0) is 18.9 Å². The van der Waals surface area contributed by atoms with Crippen molar-refractivity contribution in [3.8, 4) is 0 Å². The lowest BCUT2D eigenvalue weighted by Crippen LogP contribution is -2.51. The molecule has 0 saturated carbocycles. The highest BCUT2D eigenvalue weighted by atomic mass is 16.5. The van der Waals surface area contributed by atoms with Gasteiger partial charge in [-0.3, -0.25) is 4.90 Å². The summed E-state index contributed by atoms with van der Waals surface area (Å²) in [6.45, 7) is 5.10. The summed E-state index contributed by atoms with van der Waals surface area (Å²) in [4.78, 5) is 21.1. The van der Waals surface area contributed by atoms with Crippen LogP contribution in [0, 0.1) is 0 Å². The van der Waals surface area contributed by atoms with E-state index >= 15 is 0 Å². The molecule has 0 aromatic rings. The van der Waals surface area contributed by atoms with Crippen LogP contribution in [0.2, 0.25) is 0 Å². The van der Waals surface area contributed by atoms with Gasteiger partial charge in [0, 0.05) is 25.8 Å². The molecule has 0 aromatic heterocycles. The van der Waals surface area contributed by atoms with Gasteiger partial charge >= 0.3 is 0 Å². The van der Waals surface area contributed by atoms with Gasteiger partial charge in [-0.15, -0.1) is 0 Å². The first kappa shape index (κ1) is 13.7. The van der Waals surface area contributed by atoms with Crippen molar-refractivity contribution in [3.05, 3.63) is 12.3 Å². The number of carbonyl (C=O) groups excluding carboxylic acids is 1. The number of hydrogen-bond acceptors (Lipinski definition) is 6. The van der Waals surface area contributed by atoms with Crippen molar-refractivity contribution in [1.82, 2.24) is 9.80 Å². The fourth-order valence-electron chi connectivity index (χ4n) is 2.58. The molecule has 0 aliphatic carbocycles. The minimum Gasteiger partial charge on any atom is -0.457 e. The van der Waals surface area contributed by atoms with Crippen molar-refractivity contribution >= 4 is 19.5 Å². The van der Waals surface area contributed by atoms with Gasteiger partial charge in [0.2, 0.25) is 6.23 Å². The van der Waals surface area contributed by atoms with Gasteiger partial charge in [0.15, 0.2) is 12.6 Å². The molecule has 0 spiro atoms. The molecule has 104 valence electrons. The van der Waals surface area contributed by atoms with Crippen LogP contribution in [-0.2, 0) is 9.53 Å². The van der Waals surface area contributed by atoms with E-state index in [1.54, 1.807) is 6.40 Å². The van der Waals surface area contributed by atoms with Gasteiger partial charge < -0.3 is 14.4 Å². The highest BCUT2D eigenvalue weighted by molar-refractivity contribution is 5.59. The average molecular weight is 264 g/mol. The maximum absolute atomic E-state index is 8.00. The van der Waals surface area contributed by atoms with Crippen LogP contribution in [0.1, 0.15) is 19.3 Å². The number of aliphatic imine (C=N–C) groups is 2. The zero-order chi connectivity index (χ0) is 13.5. The molecule has 0 amide bonds. The first-order chi connectivity index (χ1) is 9.45. The molecule has 3 heterocycles. The van der Waals surface area contributed by atoms with Crippen molar-refractivity contribution in [3.63, 3.8) is 0 Å². The van der Waals surface area contributed by atoms with Crippen LogP contribution in [0.5, 0.6) is 0 Å². The molecular formula is C13H20N4O2. The van der Waals surface area contributed by atoms with E-state index in [-0.39, 0.29) is 12.4 Å². The Morgan fingerprint density at radius 3 is 2.68 bits per heavy atom. The van der Waals surface area contributed by atoms with Crippen LogP contribution in [0.4, 0.5) is 0 Å². The SMILES string of the molecule is C1=CN=CN([C@H]2OC=N[C@@H]2N2CCCCC2)C1.C=O. The predicted molar refractivity (Wildman–Crippen MR) is 74.0 cm³/mol. The summed E-state index contributed by atoms with van der Waals surface area (Å²) in [6, 6.07) is 0. The summed E-state index contributed by atoms with van der Waals surface area (Å²) in [5.74, 6) is 0. The largest absolute Gasteiger partial charge is 0.457 e. The second kappa shape index (κ2) is 7.04. The molecule has 0 bridgehead atoms. The molecule has 0 N–H and O–H groups in total. The maximum atomic E-state index is 8.00. The maximum Gasteiger partial charge on any atom is 0.210 e. The Labute approximate surface area is 113 Å². The molecule has 1 saturated heterocycles. The smallest absolute Gasteiger partial charge is 0.210 e. The number of ether oxygens (including phenoxy) is 1. The van der Waals surface area contributed by atoms with E-state index in [1.807, 2.05) is 25.4 Å². The van der Waals surface area contributed by atoms with Crippen LogP contribution in [0.3, 0.4) is 0 Å². The van der Waals surface area contributed by atoms with E-state index < -0.39 is 0 Å². The molecule has 3 aliphatic heterocycles. The van der Waals surface area contributed by atoms with E-state index in [1.165, 1.54) is 19.3 Å². The molecule has 0 aromatic carbocycles.